The van der Waals surface area contributed by atoms with Crippen molar-refractivity contribution in [3.05, 3.63) is 102 Å². The summed E-state index contributed by atoms with van der Waals surface area (Å²) in [7, 11) is 2.42. The SMILES string of the molecule is C=C(C[N+](C)(CCC)CCCC)/C(=C(C)/C=C\C)c1cc(-c2cc3ccccc3s2)cc2cccc(C)c12. The van der Waals surface area contributed by atoms with Crippen molar-refractivity contribution in [3.63, 3.8) is 0 Å². The summed E-state index contributed by atoms with van der Waals surface area (Å²) in [5.41, 5.74) is 7.75. The molecule has 0 N–H and O–H groups in total. The van der Waals surface area contributed by atoms with Gasteiger partial charge < -0.3 is 4.48 Å². The molecule has 0 aliphatic carbocycles. The Morgan fingerprint density at radius 1 is 0.947 bits per heavy atom. The zero-order chi connectivity index (χ0) is 27.3. The highest BCUT2D eigenvalue weighted by atomic mass is 32.1. The van der Waals surface area contributed by atoms with E-state index in [-0.39, 0.29) is 0 Å². The number of hydrogen-bond donors (Lipinski definition) is 0. The molecular weight excluding hydrogens is 478 g/mol. The number of likely N-dealkylation sites (N-methyl/N-ethyl adjacent to an activating group) is 1. The molecular formula is C36H44NS+. The molecule has 1 heterocycles. The summed E-state index contributed by atoms with van der Waals surface area (Å²) in [5.74, 6) is 0. The number of thiophene rings is 1. The standard InChI is InChI=1S/C36H44NS/c1-8-11-21-37(7,20-10-3)25-28(6)35(26(4)15-9-2)32-23-31(22-30-18-14-16-27(5)36(30)32)34-24-29-17-12-13-19-33(29)38-34/h9,12-19,22-24H,6,8,10-11,20-21,25H2,1-5,7H3/q+1/b15-9-,35-26-. The number of unbranched alkanes of at least 4 members (excludes halogenated alkanes) is 1. The van der Waals surface area contributed by atoms with Gasteiger partial charge in [0.1, 0.15) is 6.54 Å². The lowest BCUT2D eigenvalue weighted by molar-refractivity contribution is -0.905. The molecule has 38 heavy (non-hydrogen) atoms. The smallest absolute Gasteiger partial charge is 0.104 e. The third-order valence-electron chi connectivity index (χ3n) is 7.72. The first-order valence-electron chi connectivity index (χ1n) is 14.2. The van der Waals surface area contributed by atoms with Gasteiger partial charge in [0.15, 0.2) is 0 Å². The minimum Gasteiger partial charge on any atom is -0.322 e. The number of rotatable bonds is 11. The fraction of sp³-hybridized carbons (Fsp3) is 0.333. The van der Waals surface area contributed by atoms with Gasteiger partial charge in [0.05, 0.1) is 20.1 Å². The lowest BCUT2D eigenvalue weighted by Crippen LogP contribution is -2.46. The molecule has 0 bridgehead atoms. The summed E-state index contributed by atoms with van der Waals surface area (Å²) in [6, 6.07) is 22.6. The van der Waals surface area contributed by atoms with Gasteiger partial charge in [-0.1, -0.05) is 75.4 Å². The first kappa shape index (κ1) is 28.1. The second-order valence-corrected chi connectivity index (χ2v) is 12.2. The fourth-order valence-corrected chi connectivity index (χ4v) is 7.03. The van der Waals surface area contributed by atoms with Gasteiger partial charge in [-0.3, -0.25) is 0 Å². The van der Waals surface area contributed by atoms with Crippen LogP contribution in [-0.4, -0.2) is 31.2 Å². The van der Waals surface area contributed by atoms with E-state index in [1.807, 2.05) is 11.3 Å². The molecule has 4 aromatic rings. The number of nitrogens with zero attached hydrogens (tertiary/aromatic N) is 1. The van der Waals surface area contributed by atoms with Gasteiger partial charge in [0, 0.05) is 15.2 Å². The van der Waals surface area contributed by atoms with Crippen molar-refractivity contribution < 1.29 is 4.48 Å². The average molecular weight is 523 g/mol. The Balaban J connectivity index is 1.93. The van der Waals surface area contributed by atoms with Gasteiger partial charge >= 0.3 is 0 Å². The first-order chi connectivity index (χ1) is 18.3. The lowest BCUT2D eigenvalue weighted by Gasteiger charge is -2.36. The minimum atomic E-state index is 0.971. The molecule has 0 saturated carbocycles. The topological polar surface area (TPSA) is 0 Å². The van der Waals surface area contributed by atoms with Gasteiger partial charge in [-0.25, -0.2) is 0 Å². The Morgan fingerprint density at radius 3 is 2.42 bits per heavy atom. The van der Waals surface area contributed by atoms with Crippen LogP contribution in [0.4, 0.5) is 0 Å². The Labute approximate surface area is 234 Å². The zero-order valence-electron chi connectivity index (χ0n) is 24.2. The summed E-state index contributed by atoms with van der Waals surface area (Å²) in [5, 5.41) is 3.95. The summed E-state index contributed by atoms with van der Waals surface area (Å²) in [6.45, 7) is 19.3. The molecule has 1 unspecified atom stereocenters. The van der Waals surface area contributed by atoms with E-state index in [1.165, 1.54) is 91.5 Å². The number of allylic oxidation sites excluding steroid dienone is 3. The van der Waals surface area contributed by atoms with Gasteiger partial charge in [-0.05, 0) is 102 Å². The highest BCUT2D eigenvalue weighted by Crippen LogP contribution is 2.41. The molecule has 0 aliphatic rings. The molecule has 1 atom stereocenters. The van der Waals surface area contributed by atoms with Crippen LogP contribution in [0.25, 0.3) is 36.9 Å². The summed E-state index contributed by atoms with van der Waals surface area (Å²) in [6.07, 6.45) is 8.08. The maximum absolute atomic E-state index is 4.78. The van der Waals surface area contributed by atoms with Crippen LogP contribution in [0.2, 0.25) is 0 Å². The van der Waals surface area contributed by atoms with Crippen LogP contribution in [0.5, 0.6) is 0 Å². The van der Waals surface area contributed by atoms with E-state index in [2.05, 4.69) is 114 Å². The molecule has 3 aromatic carbocycles. The summed E-state index contributed by atoms with van der Waals surface area (Å²) < 4.78 is 2.38. The van der Waals surface area contributed by atoms with Gasteiger partial charge in [0.2, 0.25) is 0 Å². The van der Waals surface area contributed by atoms with Crippen LogP contribution in [0.3, 0.4) is 0 Å². The number of benzene rings is 3. The normalized spacial score (nSPS) is 14.3. The number of quaternary nitrogens is 1. The predicted molar refractivity (Wildman–Crippen MR) is 172 cm³/mol. The van der Waals surface area contributed by atoms with Crippen molar-refractivity contribution in [3.8, 4) is 10.4 Å². The van der Waals surface area contributed by atoms with Gasteiger partial charge in [-0.15, -0.1) is 11.3 Å². The van der Waals surface area contributed by atoms with E-state index in [0.29, 0.717) is 0 Å². The maximum atomic E-state index is 4.78. The second-order valence-electron chi connectivity index (χ2n) is 11.1. The Morgan fingerprint density at radius 2 is 1.71 bits per heavy atom. The Hall–Kier alpha value is -2.94. The van der Waals surface area contributed by atoms with Gasteiger partial charge in [-0.2, -0.15) is 0 Å². The fourth-order valence-electron chi connectivity index (χ4n) is 5.98. The van der Waals surface area contributed by atoms with Crippen LogP contribution in [0, 0.1) is 6.92 Å². The second kappa shape index (κ2) is 12.3. The van der Waals surface area contributed by atoms with Crippen LogP contribution in [0.1, 0.15) is 58.1 Å². The molecule has 0 radical (unpaired) electrons. The van der Waals surface area contributed by atoms with Crippen molar-refractivity contribution in [2.24, 2.45) is 0 Å². The van der Waals surface area contributed by atoms with Crippen molar-refractivity contribution in [1.82, 2.24) is 0 Å². The molecule has 0 spiro atoms. The third kappa shape index (κ3) is 6.03. The average Bonchev–Trinajstić information content (AvgIpc) is 3.32. The number of aryl methyl sites for hydroxylation is 1. The van der Waals surface area contributed by atoms with E-state index in [9.17, 15) is 0 Å². The molecule has 4 rings (SSSR count). The van der Waals surface area contributed by atoms with Crippen molar-refractivity contribution in [1.29, 1.82) is 0 Å². The zero-order valence-corrected chi connectivity index (χ0v) is 25.0. The highest BCUT2D eigenvalue weighted by molar-refractivity contribution is 7.22. The number of fused-ring (bicyclic) bond motifs is 2. The minimum absolute atomic E-state index is 0.971. The molecule has 198 valence electrons. The Kier molecular flexibility index (Phi) is 9.07. The molecule has 0 aliphatic heterocycles. The third-order valence-corrected chi connectivity index (χ3v) is 8.88. The van der Waals surface area contributed by atoms with E-state index >= 15 is 0 Å². The van der Waals surface area contributed by atoms with E-state index in [0.717, 1.165) is 11.0 Å². The van der Waals surface area contributed by atoms with E-state index < -0.39 is 0 Å². The molecule has 2 heteroatoms. The first-order valence-corrected chi connectivity index (χ1v) is 15.0. The molecule has 1 nitrogen and oxygen atoms in total. The highest BCUT2D eigenvalue weighted by Gasteiger charge is 2.25. The van der Waals surface area contributed by atoms with Crippen molar-refractivity contribution >= 4 is 37.8 Å². The van der Waals surface area contributed by atoms with Crippen LogP contribution in [-0.2, 0) is 0 Å². The van der Waals surface area contributed by atoms with E-state index in [1.54, 1.807) is 0 Å². The molecule has 0 fully saturated rings. The van der Waals surface area contributed by atoms with Gasteiger partial charge in [0.25, 0.3) is 0 Å². The molecule has 0 saturated heterocycles. The lowest BCUT2D eigenvalue weighted by atomic mass is 9.86. The largest absolute Gasteiger partial charge is 0.322 e. The van der Waals surface area contributed by atoms with Crippen LogP contribution in [0.15, 0.2) is 90.5 Å². The quantitative estimate of drug-likeness (QED) is 0.136. The van der Waals surface area contributed by atoms with Crippen molar-refractivity contribution in [2.75, 3.05) is 26.7 Å². The summed E-state index contributed by atoms with van der Waals surface area (Å²) in [4.78, 5) is 1.32. The monoisotopic (exact) mass is 522 g/mol. The molecule has 0 amide bonds. The van der Waals surface area contributed by atoms with Crippen LogP contribution >= 0.6 is 11.3 Å². The van der Waals surface area contributed by atoms with Crippen molar-refractivity contribution in [2.45, 2.75) is 53.9 Å². The predicted octanol–water partition coefficient (Wildman–Crippen LogP) is 10.6. The summed E-state index contributed by atoms with van der Waals surface area (Å²) >= 11 is 1.88. The molecule has 1 aromatic heterocycles. The van der Waals surface area contributed by atoms with Crippen LogP contribution < -0.4 is 0 Å². The Bertz CT molecular complexity index is 1470. The maximum Gasteiger partial charge on any atom is 0.104 e. The number of hydrogen-bond acceptors (Lipinski definition) is 1. The van der Waals surface area contributed by atoms with E-state index in [4.69, 9.17) is 6.58 Å².